The van der Waals surface area contributed by atoms with Crippen molar-refractivity contribution in [1.82, 2.24) is 4.90 Å². The SMILES string of the molecule is Cc1cc(N2CCCN(C)CC2)c(C)c(C(F)(F)F)c1. The van der Waals surface area contributed by atoms with Gasteiger partial charge in [-0.25, -0.2) is 0 Å². The summed E-state index contributed by atoms with van der Waals surface area (Å²) in [7, 11) is 2.05. The molecule has 0 atom stereocenters. The Hall–Kier alpha value is -1.23. The maximum atomic E-state index is 13.1. The van der Waals surface area contributed by atoms with Crippen LogP contribution in [-0.2, 0) is 6.18 Å². The minimum absolute atomic E-state index is 0.340. The van der Waals surface area contributed by atoms with E-state index >= 15 is 0 Å². The van der Waals surface area contributed by atoms with E-state index in [9.17, 15) is 13.2 Å². The van der Waals surface area contributed by atoms with Gasteiger partial charge in [0, 0.05) is 25.3 Å². The number of hydrogen-bond acceptors (Lipinski definition) is 2. The van der Waals surface area contributed by atoms with Crippen molar-refractivity contribution in [2.24, 2.45) is 0 Å². The third kappa shape index (κ3) is 3.26. The van der Waals surface area contributed by atoms with Gasteiger partial charge >= 0.3 is 6.18 Å². The van der Waals surface area contributed by atoms with Gasteiger partial charge in [0.15, 0.2) is 0 Å². The van der Waals surface area contributed by atoms with E-state index < -0.39 is 11.7 Å². The molecule has 1 saturated heterocycles. The van der Waals surface area contributed by atoms with E-state index in [4.69, 9.17) is 0 Å². The number of hydrogen-bond donors (Lipinski definition) is 0. The first-order valence-electron chi connectivity index (χ1n) is 6.91. The molecule has 0 aromatic heterocycles. The predicted octanol–water partition coefficient (Wildman–Crippen LogP) is 3.46. The first-order valence-corrected chi connectivity index (χ1v) is 6.91. The summed E-state index contributed by atoms with van der Waals surface area (Å²) < 4.78 is 39.3. The fourth-order valence-corrected chi connectivity index (χ4v) is 2.75. The lowest BCUT2D eigenvalue weighted by Gasteiger charge is -2.27. The zero-order chi connectivity index (χ0) is 14.9. The quantitative estimate of drug-likeness (QED) is 0.780. The van der Waals surface area contributed by atoms with Crippen LogP contribution < -0.4 is 4.90 Å². The highest BCUT2D eigenvalue weighted by Crippen LogP contribution is 2.37. The molecule has 0 saturated carbocycles. The van der Waals surface area contributed by atoms with E-state index in [1.165, 1.54) is 6.07 Å². The average molecular weight is 286 g/mol. The molecule has 0 bridgehead atoms. The molecule has 0 radical (unpaired) electrons. The molecule has 0 amide bonds. The Morgan fingerprint density at radius 3 is 2.35 bits per heavy atom. The summed E-state index contributed by atoms with van der Waals surface area (Å²) in [5, 5.41) is 0. The highest BCUT2D eigenvalue weighted by molar-refractivity contribution is 5.59. The monoisotopic (exact) mass is 286 g/mol. The van der Waals surface area contributed by atoms with Crippen LogP contribution in [0.2, 0.25) is 0 Å². The molecule has 0 aliphatic carbocycles. The topological polar surface area (TPSA) is 6.48 Å². The molecule has 1 heterocycles. The van der Waals surface area contributed by atoms with Crippen molar-refractivity contribution in [3.8, 4) is 0 Å². The second-order valence-electron chi connectivity index (χ2n) is 5.60. The van der Waals surface area contributed by atoms with E-state index in [1.54, 1.807) is 13.8 Å². The van der Waals surface area contributed by atoms with Gasteiger partial charge in [0.25, 0.3) is 0 Å². The second kappa shape index (κ2) is 5.64. The van der Waals surface area contributed by atoms with Gasteiger partial charge in [-0.2, -0.15) is 13.2 Å². The van der Waals surface area contributed by atoms with Gasteiger partial charge in [0.2, 0.25) is 0 Å². The van der Waals surface area contributed by atoms with Crippen LogP contribution in [0.1, 0.15) is 23.1 Å². The van der Waals surface area contributed by atoms with Gasteiger partial charge in [-0.3, -0.25) is 0 Å². The van der Waals surface area contributed by atoms with Gasteiger partial charge in [0.05, 0.1) is 5.56 Å². The maximum absolute atomic E-state index is 13.1. The van der Waals surface area contributed by atoms with Gasteiger partial charge in [0.1, 0.15) is 0 Å². The lowest BCUT2D eigenvalue weighted by molar-refractivity contribution is -0.138. The van der Waals surface area contributed by atoms with E-state index in [1.807, 2.05) is 13.1 Å². The van der Waals surface area contributed by atoms with Crippen molar-refractivity contribution in [1.29, 1.82) is 0 Å². The first kappa shape index (κ1) is 15.2. The Morgan fingerprint density at radius 1 is 1.00 bits per heavy atom. The zero-order valence-electron chi connectivity index (χ0n) is 12.2. The van der Waals surface area contributed by atoms with Crippen molar-refractivity contribution in [2.75, 3.05) is 38.1 Å². The van der Waals surface area contributed by atoms with E-state index in [0.717, 1.165) is 38.3 Å². The molecule has 1 aliphatic rings. The van der Waals surface area contributed by atoms with Crippen LogP contribution in [0.4, 0.5) is 18.9 Å². The molecule has 112 valence electrons. The van der Waals surface area contributed by atoms with Crippen molar-refractivity contribution in [3.05, 3.63) is 28.8 Å². The number of aryl methyl sites for hydroxylation is 1. The molecule has 1 fully saturated rings. The molecule has 2 nitrogen and oxygen atoms in total. The summed E-state index contributed by atoms with van der Waals surface area (Å²) in [5.41, 5.74) is 1.22. The molecule has 0 unspecified atom stereocenters. The van der Waals surface area contributed by atoms with Crippen LogP contribution in [0.15, 0.2) is 12.1 Å². The van der Waals surface area contributed by atoms with Gasteiger partial charge in [-0.15, -0.1) is 0 Å². The number of halogens is 3. The van der Waals surface area contributed by atoms with Gasteiger partial charge in [-0.05, 0) is 57.1 Å². The largest absolute Gasteiger partial charge is 0.416 e. The maximum Gasteiger partial charge on any atom is 0.416 e. The number of anilines is 1. The predicted molar refractivity (Wildman–Crippen MR) is 75.2 cm³/mol. The van der Waals surface area contributed by atoms with E-state index in [0.29, 0.717) is 11.1 Å². The van der Waals surface area contributed by atoms with Crippen LogP contribution in [0.3, 0.4) is 0 Å². The lowest BCUT2D eigenvalue weighted by Crippen LogP contribution is -2.29. The fraction of sp³-hybridized carbons (Fsp3) is 0.600. The van der Waals surface area contributed by atoms with E-state index in [-0.39, 0.29) is 0 Å². The summed E-state index contributed by atoms with van der Waals surface area (Å²) in [6.45, 7) is 6.76. The molecule has 1 aromatic carbocycles. The Bertz CT molecular complexity index is 483. The third-order valence-electron chi connectivity index (χ3n) is 3.89. The molecular weight excluding hydrogens is 265 g/mol. The molecule has 1 aromatic rings. The van der Waals surface area contributed by atoms with Crippen LogP contribution in [-0.4, -0.2) is 38.1 Å². The summed E-state index contributed by atoms with van der Waals surface area (Å²) in [6.07, 6.45) is -3.31. The fourth-order valence-electron chi connectivity index (χ4n) is 2.75. The van der Waals surface area contributed by atoms with Crippen LogP contribution in [0.5, 0.6) is 0 Å². The first-order chi connectivity index (χ1) is 9.29. The third-order valence-corrected chi connectivity index (χ3v) is 3.89. The summed E-state index contributed by atoms with van der Waals surface area (Å²) >= 11 is 0. The summed E-state index contributed by atoms with van der Waals surface area (Å²) in [6, 6.07) is 3.11. The van der Waals surface area contributed by atoms with Crippen molar-refractivity contribution in [2.45, 2.75) is 26.4 Å². The average Bonchev–Trinajstić information content (AvgIpc) is 2.55. The Morgan fingerprint density at radius 2 is 1.70 bits per heavy atom. The Labute approximate surface area is 118 Å². The van der Waals surface area contributed by atoms with Crippen molar-refractivity contribution in [3.63, 3.8) is 0 Å². The van der Waals surface area contributed by atoms with Crippen LogP contribution in [0, 0.1) is 13.8 Å². The molecule has 2 rings (SSSR count). The number of alkyl halides is 3. The van der Waals surface area contributed by atoms with E-state index in [2.05, 4.69) is 9.80 Å². The summed E-state index contributed by atoms with van der Waals surface area (Å²) in [4.78, 5) is 4.30. The Balaban J connectivity index is 2.38. The molecule has 5 heteroatoms. The number of likely N-dealkylation sites (N-methyl/N-ethyl adjacent to an activating group) is 1. The zero-order valence-corrected chi connectivity index (χ0v) is 12.2. The molecule has 0 spiro atoms. The van der Waals surface area contributed by atoms with Gasteiger partial charge in [-0.1, -0.05) is 0 Å². The molecule has 20 heavy (non-hydrogen) atoms. The second-order valence-corrected chi connectivity index (χ2v) is 5.60. The molecular formula is C15H21F3N2. The highest BCUT2D eigenvalue weighted by Gasteiger charge is 2.34. The highest BCUT2D eigenvalue weighted by atomic mass is 19.4. The van der Waals surface area contributed by atoms with Crippen molar-refractivity contribution >= 4 is 5.69 Å². The minimum atomic E-state index is -4.28. The van der Waals surface area contributed by atoms with Gasteiger partial charge < -0.3 is 9.80 Å². The number of benzene rings is 1. The summed E-state index contributed by atoms with van der Waals surface area (Å²) in [5.74, 6) is 0. The smallest absolute Gasteiger partial charge is 0.370 e. The Kier molecular flexibility index (Phi) is 4.28. The van der Waals surface area contributed by atoms with Crippen molar-refractivity contribution < 1.29 is 13.2 Å². The normalized spacial score (nSPS) is 18.2. The standard InChI is InChI=1S/C15H21F3N2/c1-11-9-13(15(16,17)18)12(2)14(10-11)20-6-4-5-19(3)7-8-20/h9-10H,4-8H2,1-3H3. The van der Waals surface area contributed by atoms with Crippen LogP contribution in [0.25, 0.3) is 0 Å². The lowest BCUT2D eigenvalue weighted by atomic mass is 10.0. The van der Waals surface area contributed by atoms with Crippen LogP contribution >= 0.6 is 0 Å². The molecule has 0 N–H and O–H groups in total. The minimum Gasteiger partial charge on any atom is -0.370 e. The molecule has 1 aliphatic heterocycles. The number of nitrogens with zero attached hydrogens (tertiary/aromatic N) is 2. The number of rotatable bonds is 1.